The van der Waals surface area contributed by atoms with Gasteiger partial charge in [-0.1, -0.05) is 0 Å². The van der Waals surface area contributed by atoms with Gasteiger partial charge in [0.05, 0.1) is 5.84 Å². The molecule has 0 saturated heterocycles. The fraction of sp³-hybridized carbons (Fsp3) is 0.800. The maximum atomic E-state index is 4.27. The van der Waals surface area contributed by atoms with Gasteiger partial charge in [-0.15, -0.1) is 0 Å². The topological polar surface area (TPSA) is 50.0 Å². The quantitative estimate of drug-likeness (QED) is 0.535. The molecule has 0 aromatic carbocycles. The molecule has 0 radical (unpaired) electrons. The van der Waals surface area contributed by atoms with Crippen LogP contribution in [-0.2, 0) is 0 Å². The zero-order valence-corrected chi connectivity index (χ0v) is 16.3. The highest BCUT2D eigenvalue weighted by molar-refractivity contribution is 5.98. The van der Waals surface area contributed by atoms with Crippen LogP contribution in [0.15, 0.2) is 15.0 Å². The Kier molecular flexibility index (Phi) is 12.1. The van der Waals surface area contributed by atoms with Crippen molar-refractivity contribution < 1.29 is 0 Å². The van der Waals surface area contributed by atoms with E-state index < -0.39 is 0 Å². The SMILES string of the molecule is CCN(C)C(=NC)N(C)C(=NC)N(C)C.CN=C(C)N(C)C. The average molecular weight is 313 g/mol. The van der Waals surface area contributed by atoms with Crippen molar-refractivity contribution in [2.45, 2.75) is 13.8 Å². The average Bonchev–Trinajstić information content (AvgIpc) is 2.47. The maximum Gasteiger partial charge on any atom is 0.202 e. The van der Waals surface area contributed by atoms with E-state index in [2.05, 4.69) is 26.8 Å². The van der Waals surface area contributed by atoms with E-state index in [9.17, 15) is 0 Å². The van der Waals surface area contributed by atoms with E-state index in [4.69, 9.17) is 0 Å². The van der Waals surface area contributed by atoms with Crippen molar-refractivity contribution in [1.29, 1.82) is 0 Å². The third-order valence-corrected chi connectivity index (χ3v) is 3.19. The van der Waals surface area contributed by atoms with Gasteiger partial charge in [0.25, 0.3) is 0 Å². The molecule has 0 spiro atoms. The summed E-state index contributed by atoms with van der Waals surface area (Å²) in [6.45, 7) is 4.98. The minimum atomic E-state index is 0.885. The lowest BCUT2D eigenvalue weighted by molar-refractivity contribution is 0.443. The predicted octanol–water partition coefficient (Wildman–Crippen LogP) is 0.999. The molecule has 0 N–H and O–H groups in total. The van der Waals surface area contributed by atoms with Crippen LogP contribution in [0.4, 0.5) is 0 Å². The molecule has 130 valence electrons. The molecule has 0 heterocycles. The highest BCUT2D eigenvalue weighted by Crippen LogP contribution is 1.98. The summed E-state index contributed by atoms with van der Waals surface area (Å²) in [6, 6.07) is 0. The van der Waals surface area contributed by atoms with Gasteiger partial charge >= 0.3 is 0 Å². The summed E-state index contributed by atoms with van der Waals surface area (Å²) in [7, 11) is 17.2. The fourth-order valence-corrected chi connectivity index (χ4v) is 1.66. The molecule has 22 heavy (non-hydrogen) atoms. The predicted molar refractivity (Wildman–Crippen MR) is 99.2 cm³/mol. The van der Waals surface area contributed by atoms with Crippen molar-refractivity contribution in [3.8, 4) is 0 Å². The van der Waals surface area contributed by atoms with Gasteiger partial charge in [0, 0.05) is 70.0 Å². The Hall–Kier alpha value is -1.79. The van der Waals surface area contributed by atoms with Crippen molar-refractivity contribution in [3.05, 3.63) is 0 Å². The number of guanidine groups is 2. The van der Waals surface area contributed by atoms with Crippen LogP contribution in [0.1, 0.15) is 13.8 Å². The number of rotatable bonds is 1. The molecule has 0 unspecified atom stereocenters. The standard InChI is InChI=1S/C10H23N5.C5H12N2/c1-8-14(6)10(12-3)15(7)9(11-2)13(4)5;1-5(6-2)7(3)4/h8H2,1-7H3;1-4H3. The Morgan fingerprint density at radius 3 is 1.36 bits per heavy atom. The molecule has 0 aromatic heterocycles. The van der Waals surface area contributed by atoms with Crippen LogP contribution in [0, 0.1) is 0 Å². The lowest BCUT2D eigenvalue weighted by atomic mass is 10.5. The van der Waals surface area contributed by atoms with Gasteiger partial charge in [-0.2, -0.15) is 0 Å². The Morgan fingerprint density at radius 2 is 1.18 bits per heavy atom. The smallest absolute Gasteiger partial charge is 0.202 e. The first-order valence-corrected chi connectivity index (χ1v) is 7.34. The van der Waals surface area contributed by atoms with Crippen LogP contribution in [0.25, 0.3) is 0 Å². The summed E-state index contributed by atoms with van der Waals surface area (Å²) in [5.41, 5.74) is 0. The minimum absolute atomic E-state index is 0.885. The zero-order chi connectivity index (χ0) is 17.9. The van der Waals surface area contributed by atoms with Gasteiger partial charge in [-0.05, 0) is 13.8 Å². The molecule has 0 saturated carbocycles. The highest BCUT2D eigenvalue weighted by atomic mass is 15.4. The van der Waals surface area contributed by atoms with Crippen molar-refractivity contribution in [2.75, 3.05) is 70.0 Å². The molecule has 0 rings (SSSR count). The Labute approximate surface area is 137 Å². The summed E-state index contributed by atoms with van der Waals surface area (Å²) in [6.07, 6.45) is 0. The van der Waals surface area contributed by atoms with E-state index >= 15 is 0 Å². The Bertz CT molecular complexity index is 383. The monoisotopic (exact) mass is 313 g/mol. The van der Waals surface area contributed by atoms with Crippen LogP contribution in [0.3, 0.4) is 0 Å². The molecular weight excluding hydrogens is 278 g/mol. The van der Waals surface area contributed by atoms with Crippen molar-refractivity contribution >= 4 is 17.8 Å². The lowest BCUT2D eigenvalue weighted by Crippen LogP contribution is -2.48. The first-order valence-electron chi connectivity index (χ1n) is 7.34. The molecule has 0 aliphatic rings. The fourth-order valence-electron chi connectivity index (χ4n) is 1.66. The van der Waals surface area contributed by atoms with Gasteiger partial charge in [0.15, 0.2) is 0 Å². The second kappa shape index (κ2) is 11.8. The molecule has 0 atom stereocenters. The lowest BCUT2D eigenvalue weighted by Gasteiger charge is -2.31. The van der Waals surface area contributed by atoms with Crippen molar-refractivity contribution in [2.24, 2.45) is 15.0 Å². The molecule has 0 aromatic rings. The van der Waals surface area contributed by atoms with E-state index in [1.807, 2.05) is 63.9 Å². The first kappa shape index (κ1) is 22.5. The normalized spacial score (nSPS) is 12.4. The second-order valence-electron chi connectivity index (χ2n) is 5.18. The van der Waals surface area contributed by atoms with E-state index in [-0.39, 0.29) is 0 Å². The number of amidine groups is 1. The Balaban J connectivity index is 0. The summed E-state index contributed by atoms with van der Waals surface area (Å²) in [5, 5.41) is 0. The number of aliphatic imine (C=N–C) groups is 3. The Morgan fingerprint density at radius 1 is 0.727 bits per heavy atom. The molecular formula is C15H35N7. The first-order chi connectivity index (χ1) is 10.2. The summed E-state index contributed by atoms with van der Waals surface area (Å²) < 4.78 is 0. The van der Waals surface area contributed by atoms with Crippen LogP contribution in [0.2, 0.25) is 0 Å². The van der Waals surface area contributed by atoms with E-state index in [0.29, 0.717) is 0 Å². The van der Waals surface area contributed by atoms with Crippen LogP contribution < -0.4 is 0 Å². The van der Waals surface area contributed by atoms with Gasteiger partial charge < -0.3 is 14.7 Å². The maximum absolute atomic E-state index is 4.27. The molecule has 0 bridgehead atoms. The summed E-state index contributed by atoms with van der Waals surface area (Å²) in [5.74, 6) is 2.85. The van der Waals surface area contributed by atoms with Gasteiger partial charge in [-0.25, -0.2) is 0 Å². The zero-order valence-electron chi connectivity index (χ0n) is 16.3. The number of nitrogens with zero attached hydrogens (tertiary/aromatic N) is 7. The van der Waals surface area contributed by atoms with Crippen molar-refractivity contribution in [3.63, 3.8) is 0 Å². The molecule has 7 heteroatoms. The third-order valence-electron chi connectivity index (χ3n) is 3.19. The number of hydrogen-bond donors (Lipinski definition) is 0. The van der Waals surface area contributed by atoms with Gasteiger partial charge in [0.1, 0.15) is 0 Å². The summed E-state index contributed by atoms with van der Waals surface area (Å²) >= 11 is 0. The van der Waals surface area contributed by atoms with E-state index in [1.54, 1.807) is 21.1 Å². The molecule has 7 nitrogen and oxygen atoms in total. The largest absolute Gasteiger partial charge is 0.367 e. The molecule has 0 aliphatic carbocycles. The van der Waals surface area contributed by atoms with Crippen molar-refractivity contribution in [1.82, 2.24) is 19.6 Å². The molecule has 0 fully saturated rings. The van der Waals surface area contributed by atoms with E-state index in [1.165, 1.54) is 0 Å². The van der Waals surface area contributed by atoms with Gasteiger partial charge in [-0.3, -0.25) is 19.9 Å². The molecule has 0 aliphatic heterocycles. The number of hydrogen-bond acceptors (Lipinski definition) is 3. The van der Waals surface area contributed by atoms with Crippen LogP contribution >= 0.6 is 0 Å². The second-order valence-corrected chi connectivity index (χ2v) is 5.18. The highest BCUT2D eigenvalue weighted by Gasteiger charge is 2.16. The third kappa shape index (κ3) is 7.85. The van der Waals surface area contributed by atoms with Crippen LogP contribution in [0.5, 0.6) is 0 Å². The van der Waals surface area contributed by atoms with Crippen LogP contribution in [-0.4, -0.2) is 107 Å². The van der Waals surface area contributed by atoms with E-state index in [0.717, 1.165) is 24.3 Å². The summed E-state index contributed by atoms with van der Waals surface area (Å²) in [4.78, 5) is 20.4. The molecule has 0 amide bonds. The minimum Gasteiger partial charge on any atom is -0.367 e. The van der Waals surface area contributed by atoms with Gasteiger partial charge in [0.2, 0.25) is 11.9 Å².